The Morgan fingerprint density at radius 1 is 1.38 bits per heavy atom. The average molecular weight is 366 g/mol. The van der Waals surface area contributed by atoms with Gasteiger partial charge in [-0.2, -0.15) is 18.3 Å². The third kappa shape index (κ3) is 3.05. The van der Waals surface area contributed by atoms with E-state index in [4.69, 9.17) is 0 Å². The molecule has 0 spiro atoms. The molecule has 140 valence electrons. The summed E-state index contributed by atoms with van der Waals surface area (Å²) >= 11 is 0. The minimum atomic E-state index is -4.58. The fraction of sp³-hybridized carbons (Fsp3) is 0.611. The van der Waals surface area contributed by atoms with Crippen molar-refractivity contribution in [3.8, 4) is 0 Å². The van der Waals surface area contributed by atoms with E-state index in [2.05, 4.69) is 15.4 Å². The number of amides is 1. The minimum Gasteiger partial charge on any atom is -0.352 e. The highest BCUT2D eigenvalue weighted by Gasteiger charge is 2.42. The van der Waals surface area contributed by atoms with Gasteiger partial charge in [0.05, 0.1) is 10.9 Å². The van der Waals surface area contributed by atoms with E-state index in [1.165, 1.54) is 31.5 Å². The van der Waals surface area contributed by atoms with Gasteiger partial charge in [-0.15, -0.1) is 0 Å². The number of rotatable bonds is 4. The molecule has 2 bridgehead atoms. The number of fused-ring (bicyclic) bond motifs is 3. The summed E-state index contributed by atoms with van der Waals surface area (Å²) in [5, 5.41) is 6.52. The Morgan fingerprint density at radius 3 is 2.85 bits per heavy atom. The van der Waals surface area contributed by atoms with Gasteiger partial charge in [0.1, 0.15) is 6.54 Å². The molecule has 1 amide bonds. The number of carbonyl (C=O) groups is 1. The number of pyridine rings is 1. The van der Waals surface area contributed by atoms with Crippen LogP contribution in [-0.2, 0) is 17.5 Å². The summed E-state index contributed by atoms with van der Waals surface area (Å²) in [4.78, 5) is 16.2. The summed E-state index contributed by atoms with van der Waals surface area (Å²) in [5.41, 5.74) is -0.746. The van der Waals surface area contributed by atoms with Crippen LogP contribution < -0.4 is 5.32 Å². The van der Waals surface area contributed by atoms with Crippen LogP contribution in [0.15, 0.2) is 18.5 Å². The number of aromatic nitrogens is 3. The number of nitrogens with one attached hydrogen (secondary N) is 1. The van der Waals surface area contributed by atoms with Crippen molar-refractivity contribution in [1.82, 2.24) is 20.1 Å². The zero-order chi connectivity index (χ0) is 18.5. The van der Waals surface area contributed by atoms with Gasteiger partial charge >= 0.3 is 6.18 Å². The first-order valence-electron chi connectivity index (χ1n) is 9.00. The smallest absolute Gasteiger partial charge is 0.352 e. The lowest BCUT2D eigenvalue weighted by Gasteiger charge is -2.28. The first kappa shape index (κ1) is 17.3. The Labute approximate surface area is 149 Å². The van der Waals surface area contributed by atoms with Crippen LogP contribution in [0.25, 0.3) is 10.9 Å². The molecule has 8 heteroatoms. The molecule has 4 atom stereocenters. The maximum atomic E-state index is 13.2. The van der Waals surface area contributed by atoms with Crippen LogP contribution in [0.3, 0.4) is 0 Å². The molecule has 4 rings (SSSR count). The summed E-state index contributed by atoms with van der Waals surface area (Å²) in [6, 6.07) is 1.48. The summed E-state index contributed by atoms with van der Waals surface area (Å²) < 4.78 is 40.6. The second kappa shape index (κ2) is 6.25. The van der Waals surface area contributed by atoms with E-state index < -0.39 is 11.9 Å². The molecule has 2 saturated carbocycles. The molecule has 1 N–H and O–H groups in total. The molecule has 26 heavy (non-hydrogen) atoms. The summed E-state index contributed by atoms with van der Waals surface area (Å²) in [6.45, 7) is 1.76. The Kier molecular flexibility index (Phi) is 4.16. The number of halogens is 3. The van der Waals surface area contributed by atoms with E-state index in [1.54, 1.807) is 0 Å². The zero-order valence-electron chi connectivity index (χ0n) is 14.5. The number of carbonyl (C=O) groups excluding carboxylic acids is 1. The number of nitrogens with zero attached hydrogens (tertiary/aromatic N) is 3. The monoisotopic (exact) mass is 366 g/mol. The molecule has 2 aliphatic rings. The van der Waals surface area contributed by atoms with E-state index in [-0.39, 0.29) is 29.4 Å². The van der Waals surface area contributed by atoms with Crippen molar-refractivity contribution in [2.75, 3.05) is 0 Å². The molecule has 2 heterocycles. The fourth-order valence-corrected chi connectivity index (χ4v) is 4.80. The largest absolute Gasteiger partial charge is 0.435 e. The number of hydrogen-bond acceptors (Lipinski definition) is 3. The molecule has 2 aromatic rings. The highest BCUT2D eigenvalue weighted by Crippen LogP contribution is 2.49. The number of hydrogen-bond donors (Lipinski definition) is 1. The van der Waals surface area contributed by atoms with Crippen LogP contribution in [-0.4, -0.2) is 26.7 Å². The lowest BCUT2D eigenvalue weighted by Crippen LogP contribution is -2.41. The zero-order valence-corrected chi connectivity index (χ0v) is 14.5. The van der Waals surface area contributed by atoms with Gasteiger partial charge < -0.3 is 5.32 Å². The molecule has 2 aliphatic carbocycles. The summed E-state index contributed by atoms with van der Waals surface area (Å²) in [5.74, 6) is 1.61. The van der Waals surface area contributed by atoms with Gasteiger partial charge in [0, 0.05) is 18.4 Å². The van der Waals surface area contributed by atoms with Gasteiger partial charge in [-0.05, 0) is 50.0 Å². The first-order valence-corrected chi connectivity index (χ1v) is 9.00. The molecule has 2 fully saturated rings. The molecule has 0 saturated heterocycles. The molecule has 0 aromatic carbocycles. The van der Waals surface area contributed by atoms with Crippen molar-refractivity contribution in [3.63, 3.8) is 0 Å². The Morgan fingerprint density at radius 2 is 2.19 bits per heavy atom. The number of alkyl halides is 3. The van der Waals surface area contributed by atoms with E-state index in [0.717, 1.165) is 23.2 Å². The molecular formula is C18H21F3N4O. The van der Waals surface area contributed by atoms with Crippen LogP contribution in [0.5, 0.6) is 0 Å². The third-order valence-corrected chi connectivity index (χ3v) is 5.94. The lowest BCUT2D eigenvalue weighted by molar-refractivity contribution is -0.140. The van der Waals surface area contributed by atoms with Gasteiger partial charge in [0.25, 0.3) is 0 Å². The quantitative estimate of drug-likeness (QED) is 0.902. The van der Waals surface area contributed by atoms with Gasteiger partial charge in [-0.1, -0.05) is 6.42 Å². The van der Waals surface area contributed by atoms with E-state index in [1.807, 2.05) is 6.92 Å². The fourth-order valence-electron chi connectivity index (χ4n) is 4.80. The molecule has 5 nitrogen and oxygen atoms in total. The maximum absolute atomic E-state index is 13.2. The second-order valence-corrected chi connectivity index (χ2v) is 7.59. The van der Waals surface area contributed by atoms with E-state index in [0.29, 0.717) is 11.8 Å². The molecule has 4 unspecified atom stereocenters. The van der Waals surface area contributed by atoms with Crippen LogP contribution in [0.2, 0.25) is 0 Å². The van der Waals surface area contributed by atoms with Crippen molar-refractivity contribution in [2.24, 2.45) is 17.8 Å². The highest BCUT2D eigenvalue weighted by molar-refractivity contribution is 5.84. The van der Waals surface area contributed by atoms with Gasteiger partial charge in [-0.25, -0.2) is 0 Å². The van der Waals surface area contributed by atoms with Gasteiger partial charge in [0.2, 0.25) is 5.91 Å². The van der Waals surface area contributed by atoms with Crippen LogP contribution in [0, 0.1) is 17.8 Å². The van der Waals surface area contributed by atoms with Crippen molar-refractivity contribution < 1.29 is 18.0 Å². The van der Waals surface area contributed by atoms with Crippen LogP contribution in [0.1, 0.15) is 38.3 Å². The predicted molar refractivity (Wildman–Crippen MR) is 89.1 cm³/mol. The van der Waals surface area contributed by atoms with Gasteiger partial charge in [0.15, 0.2) is 5.69 Å². The Hall–Kier alpha value is -2.12. The van der Waals surface area contributed by atoms with Crippen molar-refractivity contribution in [2.45, 2.75) is 51.4 Å². The first-order chi connectivity index (χ1) is 12.3. The van der Waals surface area contributed by atoms with Crippen molar-refractivity contribution >= 4 is 16.8 Å². The molecular weight excluding hydrogens is 345 g/mol. The van der Waals surface area contributed by atoms with Gasteiger partial charge in [-0.3, -0.25) is 14.5 Å². The highest BCUT2D eigenvalue weighted by atomic mass is 19.4. The standard InChI is InChI=1S/C18H21F3N4O/c1-10(13-7-11-2-3-12(13)6-11)23-16(26)9-25-15-4-5-22-8-14(15)17(24-25)18(19,20)21/h4-5,8,10-13H,2-3,6-7,9H2,1H3,(H,23,26). The normalized spacial score (nSPS) is 26.4. The third-order valence-electron chi connectivity index (χ3n) is 5.94. The lowest BCUT2D eigenvalue weighted by atomic mass is 9.84. The van der Waals surface area contributed by atoms with Crippen molar-refractivity contribution in [1.29, 1.82) is 0 Å². The minimum absolute atomic E-state index is 0.0309. The maximum Gasteiger partial charge on any atom is 0.435 e. The van der Waals surface area contributed by atoms with Crippen molar-refractivity contribution in [3.05, 3.63) is 24.2 Å². The Balaban J connectivity index is 1.49. The van der Waals surface area contributed by atoms with E-state index >= 15 is 0 Å². The molecule has 0 aliphatic heterocycles. The van der Waals surface area contributed by atoms with Crippen LogP contribution >= 0.6 is 0 Å². The average Bonchev–Trinajstić information content (AvgIpc) is 3.28. The molecule has 2 aromatic heterocycles. The topological polar surface area (TPSA) is 59.8 Å². The molecule has 0 radical (unpaired) electrons. The van der Waals surface area contributed by atoms with Crippen LogP contribution in [0.4, 0.5) is 13.2 Å². The second-order valence-electron chi connectivity index (χ2n) is 7.59. The summed E-state index contributed by atoms with van der Waals surface area (Å²) in [6.07, 6.45) is 2.85. The van der Waals surface area contributed by atoms with E-state index in [9.17, 15) is 18.0 Å². The predicted octanol–water partition coefficient (Wildman–Crippen LogP) is 3.39. The summed E-state index contributed by atoms with van der Waals surface area (Å²) in [7, 11) is 0. The Bertz CT molecular complexity index is 831. The SMILES string of the molecule is CC(NC(=O)Cn1nc(C(F)(F)F)c2cnccc21)C1CC2CCC1C2.